The first-order chi connectivity index (χ1) is 14.5. The molecule has 1 aliphatic heterocycles. The number of nitrogens with zero attached hydrogens (tertiary/aromatic N) is 4. The van der Waals surface area contributed by atoms with E-state index in [2.05, 4.69) is 26.7 Å². The van der Waals surface area contributed by atoms with Crippen LogP contribution in [0.25, 0.3) is 0 Å². The molecule has 2 aromatic rings. The van der Waals surface area contributed by atoms with Gasteiger partial charge >= 0.3 is 5.97 Å². The molecule has 8 heteroatoms. The van der Waals surface area contributed by atoms with Crippen molar-refractivity contribution in [3.63, 3.8) is 0 Å². The van der Waals surface area contributed by atoms with Crippen molar-refractivity contribution in [2.45, 2.75) is 38.1 Å². The van der Waals surface area contributed by atoms with Crippen LogP contribution in [0.4, 0.5) is 23.1 Å². The van der Waals surface area contributed by atoms with E-state index in [1.165, 1.54) is 44.9 Å². The number of carboxylic acids is 1. The maximum atomic E-state index is 11.2. The number of anilines is 4. The molecule has 0 spiro atoms. The normalized spacial score (nSPS) is 16.9. The predicted molar refractivity (Wildman–Crippen MR) is 117 cm³/mol. The molecule has 158 valence electrons. The van der Waals surface area contributed by atoms with Gasteiger partial charge in [0.25, 0.3) is 0 Å². The molecular formula is C22H27N5O3. The Morgan fingerprint density at radius 1 is 1.33 bits per heavy atom. The fraction of sp³-hybridized carbons (Fsp3) is 0.409. The molecule has 0 amide bonds. The van der Waals surface area contributed by atoms with Crippen LogP contribution in [0, 0.1) is 0 Å². The lowest BCUT2D eigenvalue weighted by Gasteiger charge is -2.30. The van der Waals surface area contributed by atoms with Crippen LogP contribution in [-0.2, 0) is 0 Å². The van der Waals surface area contributed by atoms with Crippen LogP contribution in [0.15, 0.2) is 36.7 Å². The minimum atomic E-state index is -1.00. The minimum Gasteiger partial charge on any atom is -0.495 e. The Morgan fingerprint density at radius 2 is 2.10 bits per heavy atom. The number of ether oxygens (including phenoxy) is 1. The number of nitrogens with one attached hydrogen (secondary N) is 1. The number of aromatic nitrogens is 2. The van der Waals surface area contributed by atoms with Crippen molar-refractivity contribution in [2.75, 3.05) is 35.8 Å². The van der Waals surface area contributed by atoms with Crippen LogP contribution in [0.2, 0.25) is 0 Å². The highest BCUT2D eigenvalue weighted by atomic mass is 16.5. The van der Waals surface area contributed by atoms with Gasteiger partial charge in [0.15, 0.2) is 5.82 Å². The average Bonchev–Trinajstić information content (AvgIpc) is 3.24. The van der Waals surface area contributed by atoms with Gasteiger partial charge in [0.05, 0.1) is 24.6 Å². The van der Waals surface area contributed by atoms with Crippen molar-refractivity contribution in [3.05, 3.63) is 42.2 Å². The Morgan fingerprint density at radius 3 is 2.80 bits per heavy atom. The van der Waals surface area contributed by atoms with Crippen molar-refractivity contribution >= 4 is 29.1 Å². The highest BCUT2D eigenvalue weighted by Crippen LogP contribution is 2.38. The summed E-state index contributed by atoms with van der Waals surface area (Å²) in [5.74, 6) is 0.767. The third kappa shape index (κ3) is 3.77. The van der Waals surface area contributed by atoms with Gasteiger partial charge in [-0.05, 0) is 31.0 Å². The smallest absolute Gasteiger partial charge is 0.335 e. The second-order valence-corrected chi connectivity index (χ2v) is 7.75. The third-order valence-corrected chi connectivity index (χ3v) is 5.96. The van der Waals surface area contributed by atoms with Gasteiger partial charge < -0.3 is 25.0 Å². The Labute approximate surface area is 176 Å². The van der Waals surface area contributed by atoms with Crippen molar-refractivity contribution in [1.29, 1.82) is 0 Å². The van der Waals surface area contributed by atoms with Crippen LogP contribution in [0.5, 0.6) is 5.75 Å². The summed E-state index contributed by atoms with van der Waals surface area (Å²) >= 11 is 0. The van der Waals surface area contributed by atoms with Crippen LogP contribution in [-0.4, -0.2) is 47.8 Å². The zero-order valence-corrected chi connectivity index (χ0v) is 17.4. The van der Waals surface area contributed by atoms with Crippen molar-refractivity contribution in [1.82, 2.24) is 9.97 Å². The lowest BCUT2D eigenvalue weighted by molar-refractivity contribution is 0.0696. The van der Waals surface area contributed by atoms with Gasteiger partial charge in [0.2, 0.25) is 5.95 Å². The Balaban J connectivity index is 1.70. The Hall–Kier alpha value is -3.29. The summed E-state index contributed by atoms with van der Waals surface area (Å²) in [6, 6.07) is 5.16. The van der Waals surface area contributed by atoms with E-state index in [0.717, 1.165) is 30.2 Å². The molecule has 0 unspecified atom stereocenters. The van der Waals surface area contributed by atoms with E-state index in [1.807, 2.05) is 13.2 Å². The molecule has 2 heterocycles. The summed E-state index contributed by atoms with van der Waals surface area (Å²) in [5.41, 5.74) is 2.77. The molecule has 0 bridgehead atoms. The fourth-order valence-corrected chi connectivity index (χ4v) is 4.19. The molecule has 30 heavy (non-hydrogen) atoms. The fourth-order valence-electron chi connectivity index (χ4n) is 4.19. The first-order valence-corrected chi connectivity index (χ1v) is 10.2. The lowest BCUT2D eigenvalue weighted by Crippen LogP contribution is -2.34. The largest absolute Gasteiger partial charge is 0.495 e. The summed E-state index contributed by atoms with van der Waals surface area (Å²) in [5, 5.41) is 12.4. The van der Waals surface area contributed by atoms with Crippen LogP contribution in [0.3, 0.4) is 0 Å². The molecule has 2 aliphatic rings. The second kappa shape index (κ2) is 8.22. The number of aromatic carboxylic acids is 1. The molecule has 8 nitrogen and oxygen atoms in total. The molecule has 1 aromatic carbocycles. The van der Waals surface area contributed by atoms with E-state index in [1.54, 1.807) is 6.07 Å². The molecule has 4 rings (SSSR count). The lowest BCUT2D eigenvalue weighted by atomic mass is 10.2. The summed E-state index contributed by atoms with van der Waals surface area (Å²) in [6.07, 6.45) is 7.55. The monoisotopic (exact) mass is 409 g/mol. The van der Waals surface area contributed by atoms with Crippen molar-refractivity contribution in [2.24, 2.45) is 0 Å². The topological polar surface area (TPSA) is 90.8 Å². The number of carbonyl (C=O) groups is 1. The maximum Gasteiger partial charge on any atom is 0.335 e. The molecule has 0 atom stereocenters. The average molecular weight is 409 g/mol. The first kappa shape index (κ1) is 20.0. The molecule has 2 N–H and O–H groups in total. The SMILES string of the molecule is C=C1CCN(C2CCCC2)c2nc(Nc3ccc(C(=O)O)cc3OC)ncc2N1C. The quantitative estimate of drug-likeness (QED) is 0.765. The Bertz CT molecular complexity index is 971. The number of fused-ring (bicyclic) bond motifs is 1. The van der Waals surface area contributed by atoms with E-state index < -0.39 is 5.97 Å². The molecule has 1 aliphatic carbocycles. The number of hydrogen-bond acceptors (Lipinski definition) is 7. The highest BCUT2D eigenvalue weighted by molar-refractivity contribution is 5.89. The van der Waals surface area contributed by atoms with Crippen LogP contribution in [0.1, 0.15) is 42.5 Å². The van der Waals surface area contributed by atoms with Gasteiger partial charge in [-0.3, -0.25) is 0 Å². The van der Waals surface area contributed by atoms with Crippen LogP contribution < -0.4 is 19.9 Å². The van der Waals surface area contributed by atoms with Gasteiger partial charge in [-0.15, -0.1) is 0 Å². The molecule has 0 radical (unpaired) electrons. The number of benzene rings is 1. The number of methoxy groups -OCH3 is 1. The van der Waals surface area contributed by atoms with Gasteiger partial charge in [-0.1, -0.05) is 19.4 Å². The van der Waals surface area contributed by atoms with Crippen molar-refractivity contribution < 1.29 is 14.6 Å². The summed E-state index contributed by atoms with van der Waals surface area (Å²) in [7, 11) is 3.51. The molecule has 1 saturated carbocycles. The van der Waals surface area contributed by atoms with Gasteiger partial charge in [-0.25, -0.2) is 9.78 Å². The van der Waals surface area contributed by atoms with E-state index in [0.29, 0.717) is 23.4 Å². The predicted octanol–water partition coefficient (Wildman–Crippen LogP) is 4.03. The Kier molecular flexibility index (Phi) is 5.48. The summed E-state index contributed by atoms with van der Waals surface area (Å²) < 4.78 is 5.36. The van der Waals surface area contributed by atoms with Crippen molar-refractivity contribution in [3.8, 4) is 5.75 Å². The number of carboxylic acid groups (broad SMARTS) is 1. The maximum absolute atomic E-state index is 11.2. The molecule has 1 fully saturated rings. The minimum absolute atomic E-state index is 0.160. The second-order valence-electron chi connectivity index (χ2n) is 7.75. The van der Waals surface area contributed by atoms with Gasteiger partial charge in [0.1, 0.15) is 11.4 Å². The van der Waals surface area contributed by atoms with E-state index in [-0.39, 0.29) is 5.56 Å². The number of rotatable bonds is 5. The zero-order valence-electron chi connectivity index (χ0n) is 17.4. The van der Waals surface area contributed by atoms with E-state index in [9.17, 15) is 9.90 Å². The van der Waals surface area contributed by atoms with E-state index in [4.69, 9.17) is 9.72 Å². The summed E-state index contributed by atoms with van der Waals surface area (Å²) in [4.78, 5) is 25.1. The molecule has 1 aromatic heterocycles. The summed E-state index contributed by atoms with van der Waals surface area (Å²) in [6.45, 7) is 5.10. The van der Waals surface area contributed by atoms with Gasteiger partial charge in [0, 0.05) is 31.8 Å². The molecular weight excluding hydrogens is 382 g/mol. The molecule has 0 saturated heterocycles. The van der Waals surface area contributed by atoms with E-state index >= 15 is 0 Å². The third-order valence-electron chi connectivity index (χ3n) is 5.96. The first-order valence-electron chi connectivity index (χ1n) is 10.2. The van der Waals surface area contributed by atoms with Crippen LogP contribution >= 0.6 is 0 Å². The zero-order chi connectivity index (χ0) is 21.3. The number of hydrogen-bond donors (Lipinski definition) is 2. The standard InChI is InChI=1S/C22H27N5O3/c1-14-10-11-27(16-6-4-5-7-16)20-18(26(14)2)13-23-22(25-20)24-17-9-8-15(21(28)29)12-19(17)30-3/h8-9,12-13,16H,1,4-7,10-11H2,2-3H3,(H,28,29)(H,23,24,25). The highest BCUT2D eigenvalue weighted by Gasteiger charge is 2.30. The van der Waals surface area contributed by atoms with Gasteiger partial charge in [-0.2, -0.15) is 4.98 Å².